The Morgan fingerprint density at radius 1 is 1.00 bits per heavy atom. The normalized spacial score (nSPS) is 21.9. The predicted octanol–water partition coefficient (Wildman–Crippen LogP) is 4.40. The molecule has 0 bridgehead atoms. The van der Waals surface area contributed by atoms with Gasteiger partial charge in [-0.1, -0.05) is 54.1 Å². The van der Waals surface area contributed by atoms with Crippen molar-refractivity contribution in [1.29, 1.82) is 0 Å². The van der Waals surface area contributed by atoms with Gasteiger partial charge in [-0.05, 0) is 48.7 Å². The molecular weight excluding hydrogens is 426 g/mol. The van der Waals surface area contributed by atoms with Crippen LogP contribution in [0.15, 0.2) is 72.8 Å². The maximum atomic E-state index is 13.6. The molecule has 0 saturated heterocycles. The zero-order chi connectivity index (χ0) is 22.3. The first-order valence-electron chi connectivity index (χ1n) is 10.6. The van der Waals surface area contributed by atoms with Crippen molar-refractivity contribution in [2.24, 2.45) is 5.92 Å². The van der Waals surface area contributed by atoms with Crippen LogP contribution >= 0.6 is 11.6 Å². The van der Waals surface area contributed by atoms with Gasteiger partial charge in [0, 0.05) is 16.1 Å². The third-order valence-electron chi connectivity index (χ3n) is 6.38. The van der Waals surface area contributed by atoms with Gasteiger partial charge in [0.2, 0.25) is 0 Å². The number of hydrogen-bond acceptors (Lipinski definition) is 4. The molecule has 162 valence electrons. The van der Waals surface area contributed by atoms with E-state index in [0.717, 1.165) is 5.56 Å². The molecule has 0 unspecified atom stereocenters. The molecule has 6 heteroatoms. The van der Waals surface area contributed by atoms with Crippen LogP contribution < -0.4 is 9.64 Å². The standard InChI is InChI=1S/C26H22ClNO4/c27-18-10-12-19(13-11-18)32-16-15-28-23-8-4-3-7-21(23)26(31,25(28)30)22-14-9-17-5-1-2-6-20(17)24(22)29/h1-8,10-13,22,31H,9,14-16H2/t22-,26-/m0/s1. The van der Waals surface area contributed by atoms with Crippen LogP contribution in [-0.2, 0) is 16.8 Å². The van der Waals surface area contributed by atoms with E-state index in [-0.39, 0.29) is 18.9 Å². The van der Waals surface area contributed by atoms with Crippen molar-refractivity contribution in [3.8, 4) is 5.75 Å². The van der Waals surface area contributed by atoms with Gasteiger partial charge in [-0.25, -0.2) is 0 Å². The van der Waals surface area contributed by atoms with E-state index in [2.05, 4.69) is 0 Å². The fourth-order valence-electron chi connectivity index (χ4n) is 4.80. The van der Waals surface area contributed by atoms with Gasteiger partial charge in [0.1, 0.15) is 12.4 Å². The number of ketones is 1. The lowest BCUT2D eigenvalue weighted by Crippen LogP contribution is -2.50. The number of aliphatic hydroxyl groups is 1. The van der Waals surface area contributed by atoms with Crippen LogP contribution in [0.3, 0.4) is 0 Å². The first-order chi connectivity index (χ1) is 15.5. The molecule has 1 aliphatic heterocycles. The fraction of sp³-hybridized carbons (Fsp3) is 0.231. The number of fused-ring (bicyclic) bond motifs is 2. The number of rotatable bonds is 5. The van der Waals surface area contributed by atoms with E-state index in [1.54, 1.807) is 48.5 Å². The number of carbonyl (C=O) groups excluding carboxylic acids is 2. The van der Waals surface area contributed by atoms with E-state index < -0.39 is 17.4 Å². The molecule has 1 amide bonds. The summed E-state index contributed by atoms with van der Waals surface area (Å²) in [6.07, 6.45) is 1.06. The average molecular weight is 448 g/mol. The number of Topliss-reactive ketones (excluding diaryl/α,β-unsaturated/α-hetero) is 1. The summed E-state index contributed by atoms with van der Waals surface area (Å²) in [5.41, 5.74) is 0.762. The van der Waals surface area contributed by atoms with Gasteiger partial charge in [0.15, 0.2) is 11.4 Å². The summed E-state index contributed by atoms with van der Waals surface area (Å²) in [5.74, 6) is -0.843. The number of aryl methyl sites for hydroxylation is 1. The van der Waals surface area contributed by atoms with Crippen molar-refractivity contribution in [3.63, 3.8) is 0 Å². The van der Waals surface area contributed by atoms with Crippen LogP contribution in [0.4, 0.5) is 5.69 Å². The van der Waals surface area contributed by atoms with Crippen molar-refractivity contribution in [2.75, 3.05) is 18.1 Å². The minimum atomic E-state index is -1.89. The zero-order valence-electron chi connectivity index (χ0n) is 17.3. The molecule has 0 aromatic heterocycles. The Bertz CT molecular complexity index is 1190. The van der Waals surface area contributed by atoms with Crippen LogP contribution in [0.1, 0.15) is 27.9 Å². The van der Waals surface area contributed by atoms with E-state index >= 15 is 0 Å². The lowest BCUT2D eigenvalue weighted by Gasteiger charge is -2.34. The summed E-state index contributed by atoms with van der Waals surface area (Å²) in [7, 11) is 0. The van der Waals surface area contributed by atoms with E-state index in [9.17, 15) is 14.7 Å². The predicted molar refractivity (Wildman–Crippen MR) is 122 cm³/mol. The molecule has 5 rings (SSSR count). The number of halogens is 1. The summed E-state index contributed by atoms with van der Waals surface area (Å²) in [6, 6.07) is 21.6. The largest absolute Gasteiger partial charge is 0.492 e. The summed E-state index contributed by atoms with van der Waals surface area (Å²) >= 11 is 5.91. The average Bonchev–Trinajstić information content (AvgIpc) is 3.03. The lowest BCUT2D eigenvalue weighted by atomic mass is 9.71. The third kappa shape index (κ3) is 3.29. The maximum Gasteiger partial charge on any atom is 0.264 e. The Balaban J connectivity index is 1.42. The van der Waals surface area contributed by atoms with Crippen molar-refractivity contribution in [3.05, 3.63) is 94.5 Å². The van der Waals surface area contributed by atoms with Crippen LogP contribution in [0, 0.1) is 5.92 Å². The number of hydrogen-bond donors (Lipinski definition) is 1. The molecular formula is C26H22ClNO4. The molecule has 0 fully saturated rings. The summed E-state index contributed by atoms with van der Waals surface area (Å²) in [5, 5.41) is 12.4. The van der Waals surface area contributed by atoms with Crippen LogP contribution in [0.25, 0.3) is 0 Å². The van der Waals surface area contributed by atoms with Crippen LogP contribution in [-0.4, -0.2) is 29.9 Å². The second-order valence-corrected chi connectivity index (χ2v) is 8.59. The number of nitrogens with zero attached hydrogens (tertiary/aromatic N) is 1. The number of anilines is 1. The Morgan fingerprint density at radius 2 is 1.72 bits per heavy atom. The fourth-order valence-corrected chi connectivity index (χ4v) is 4.93. The molecule has 0 spiro atoms. The van der Waals surface area contributed by atoms with Gasteiger partial charge in [0.05, 0.1) is 18.2 Å². The molecule has 1 N–H and O–H groups in total. The monoisotopic (exact) mass is 447 g/mol. The van der Waals surface area contributed by atoms with Crippen molar-refractivity contribution < 1.29 is 19.4 Å². The Kier molecular flexibility index (Phi) is 5.24. The minimum Gasteiger partial charge on any atom is -0.492 e. The Labute approximate surface area is 191 Å². The Hall–Kier alpha value is -3.15. The van der Waals surface area contributed by atoms with Gasteiger partial charge < -0.3 is 14.7 Å². The highest BCUT2D eigenvalue weighted by molar-refractivity contribution is 6.30. The molecule has 2 aliphatic rings. The summed E-state index contributed by atoms with van der Waals surface area (Å²) < 4.78 is 5.77. The number of benzene rings is 3. The molecule has 1 heterocycles. The van der Waals surface area contributed by atoms with Crippen molar-refractivity contribution >= 4 is 29.0 Å². The summed E-state index contributed by atoms with van der Waals surface area (Å²) in [6.45, 7) is 0.484. The Morgan fingerprint density at radius 3 is 2.53 bits per heavy atom. The lowest BCUT2D eigenvalue weighted by molar-refractivity contribution is -0.140. The molecule has 0 radical (unpaired) electrons. The summed E-state index contributed by atoms with van der Waals surface area (Å²) in [4.78, 5) is 28.4. The molecule has 3 aromatic rings. The van der Waals surface area contributed by atoms with E-state index in [1.807, 2.05) is 24.3 Å². The zero-order valence-corrected chi connectivity index (χ0v) is 18.1. The van der Waals surface area contributed by atoms with Crippen LogP contribution in [0.2, 0.25) is 5.02 Å². The van der Waals surface area contributed by atoms with E-state index in [4.69, 9.17) is 16.3 Å². The number of carbonyl (C=O) groups is 2. The van der Waals surface area contributed by atoms with Crippen molar-refractivity contribution in [2.45, 2.75) is 18.4 Å². The highest BCUT2D eigenvalue weighted by Gasteiger charge is 2.57. The third-order valence-corrected chi connectivity index (χ3v) is 6.63. The molecule has 2 atom stereocenters. The first kappa shape index (κ1) is 20.7. The van der Waals surface area contributed by atoms with Crippen molar-refractivity contribution in [1.82, 2.24) is 0 Å². The second-order valence-electron chi connectivity index (χ2n) is 8.16. The van der Waals surface area contributed by atoms with E-state index in [0.29, 0.717) is 40.4 Å². The van der Waals surface area contributed by atoms with Gasteiger partial charge in [-0.3, -0.25) is 9.59 Å². The van der Waals surface area contributed by atoms with Gasteiger partial charge in [0.25, 0.3) is 5.91 Å². The minimum absolute atomic E-state index is 0.184. The van der Waals surface area contributed by atoms with Crippen LogP contribution in [0.5, 0.6) is 5.75 Å². The second kappa shape index (κ2) is 8.08. The van der Waals surface area contributed by atoms with Gasteiger partial charge in [-0.15, -0.1) is 0 Å². The SMILES string of the molecule is O=C1c2ccccc2CC[C@@H]1[C@]1(O)C(=O)N(CCOc2ccc(Cl)cc2)c2ccccc21. The van der Waals surface area contributed by atoms with E-state index in [1.165, 1.54) is 4.90 Å². The molecule has 1 aliphatic carbocycles. The number of para-hydroxylation sites is 1. The first-order valence-corrected chi connectivity index (χ1v) is 11.0. The number of ether oxygens (including phenoxy) is 1. The highest BCUT2D eigenvalue weighted by atomic mass is 35.5. The molecule has 32 heavy (non-hydrogen) atoms. The quantitative estimate of drug-likeness (QED) is 0.629. The van der Waals surface area contributed by atoms with Gasteiger partial charge >= 0.3 is 0 Å². The smallest absolute Gasteiger partial charge is 0.264 e. The molecule has 0 saturated carbocycles. The van der Waals surface area contributed by atoms with Gasteiger partial charge in [-0.2, -0.15) is 0 Å². The molecule has 3 aromatic carbocycles. The highest BCUT2D eigenvalue weighted by Crippen LogP contribution is 2.48. The maximum absolute atomic E-state index is 13.6. The number of amides is 1. The molecule has 5 nitrogen and oxygen atoms in total. The topological polar surface area (TPSA) is 66.8 Å².